The highest BCUT2D eigenvalue weighted by molar-refractivity contribution is 6.31. The van der Waals surface area contributed by atoms with Crippen LogP contribution in [0.15, 0.2) is 84.8 Å². The number of benzene rings is 2. The number of hydrogen-bond donors (Lipinski definition) is 1. The fourth-order valence-electron chi connectivity index (χ4n) is 3.48. The average Bonchev–Trinajstić information content (AvgIpc) is 3.18. The maximum Gasteiger partial charge on any atom is 0.143 e. The Hall–Kier alpha value is -2.86. The van der Waals surface area contributed by atoms with Crippen molar-refractivity contribution in [2.75, 3.05) is 18.7 Å². The number of methoxy groups -OCH3 is 1. The van der Waals surface area contributed by atoms with Gasteiger partial charge >= 0.3 is 0 Å². The molecule has 0 saturated carbocycles. The number of hydrazine groups is 1. The summed E-state index contributed by atoms with van der Waals surface area (Å²) in [4.78, 5) is 4.24. The van der Waals surface area contributed by atoms with E-state index in [0.717, 1.165) is 39.6 Å². The summed E-state index contributed by atoms with van der Waals surface area (Å²) in [7, 11) is 1.68. The highest BCUT2D eigenvalue weighted by Gasteiger charge is 2.26. The van der Waals surface area contributed by atoms with Crippen LogP contribution in [-0.4, -0.2) is 24.7 Å². The van der Waals surface area contributed by atoms with Gasteiger partial charge in [0, 0.05) is 23.6 Å². The second-order valence-electron chi connectivity index (χ2n) is 7.08. The van der Waals surface area contributed by atoms with Crippen molar-refractivity contribution in [2.24, 2.45) is 0 Å². The van der Waals surface area contributed by atoms with Gasteiger partial charge in [0.05, 0.1) is 32.1 Å². The normalized spacial score (nSPS) is 15.9. The van der Waals surface area contributed by atoms with Crippen LogP contribution in [0.2, 0.25) is 5.02 Å². The van der Waals surface area contributed by atoms with Gasteiger partial charge in [-0.1, -0.05) is 48.0 Å². The van der Waals surface area contributed by atoms with Gasteiger partial charge in [-0.15, -0.1) is 0 Å². The van der Waals surface area contributed by atoms with E-state index in [1.54, 1.807) is 13.3 Å². The molecular weight excluding hydrogens is 398 g/mol. The number of nitrogens with zero attached hydrogens (tertiary/aromatic N) is 2. The maximum absolute atomic E-state index is 6.26. The van der Waals surface area contributed by atoms with E-state index < -0.39 is 0 Å². The van der Waals surface area contributed by atoms with Crippen LogP contribution < -0.4 is 15.2 Å². The van der Waals surface area contributed by atoms with Crippen LogP contribution in [0.4, 0.5) is 5.69 Å². The Balaban J connectivity index is 1.51. The van der Waals surface area contributed by atoms with Gasteiger partial charge in [-0.2, -0.15) is 0 Å². The maximum atomic E-state index is 6.26. The first-order valence-electron chi connectivity index (χ1n) is 9.83. The largest absolute Gasteiger partial charge is 0.495 e. The first-order chi connectivity index (χ1) is 14.7. The van der Waals surface area contributed by atoms with E-state index in [2.05, 4.69) is 22.7 Å². The quantitative estimate of drug-likeness (QED) is 0.567. The fraction of sp³-hybridized carbons (Fsp3) is 0.208. The van der Waals surface area contributed by atoms with Crippen molar-refractivity contribution in [2.45, 2.75) is 19.1 Å². The molecule has 1 aromatic heterocycles. The number of halogens is 1. The third-order valence-corrected chi connectivity index (χ3v) is 5.40. The zero-order valence-electron chi connectivity index (χ0n) is 16.8. The van der Waals surface area contributed by atoms with Gasteiger partial charge < -0.3 is 9.47 Å². The lowest BCUT2D eigenvalue weighted by Gasteiger charge is -2.22. The summed E-state index contributed by atoms with van der Waals surface area (Å²) in [6.45, 7) is 0.958. The van der Waals surface area contributed by atoms with E-state index in [1.165, 1.54) is 0 Å². The molecular formula is C24H24ClN3O2. The monoisotopic (exact) mass is 421 g/mol. The second kappa shape index (κ2) is 9.76. The van der Waals surface area contributed by atoms with Crippen LogP contribution in [-0.2, 0) is 17.8 Å². The number of ether oxygens (including phenoxy) is 2. The number of anilines is 1. The number of nitrogens with one attached hydrogen (secondary N) is 1. The minimum Gasteiger partial charge on any atom is -0.495 e. The highest BCUT2D eigenvalue weighted by Crippen LogP contribution is 2.31. The predicted octanol–water partition coefficient (Wildman–Crippen LogP) is 4.78. The van der Waals surface area contributed by atoms with Crippen LogP contribution >= 0.6 is 11.6 Å². The van der Waals surface area contributed by atoms with Crippen LogP contribution in [0.1, 0.15) is 11.1 Å². The zero-order valence-corrected chi connectivity index (χ0v) is 17.5. The minimum absolute atomic E-state index is 0.0883. The molecule has 0 spiro atoms. The van der Waals surface area contributed by atoms with E-state index in [0.29, 0.717) is 13.2 Å². The Morgan fingerprint density at radius 2 is 1.87 bits per heavy atom. The van der Waals surface area contributed by atoms with E-state index in [4.69, 9.17) is 21.1 Å². The highest BCUT2D eigenvalue weighted by atomic mass is 35.5. The molecule has 0 aliphatic carbocycles. The lowest BCUT2D eigenvalue weighted by molar-refractivity contribution is 0.139. The number of hydrogen-bond acceptors (Lipinski definition) is 5. The van der Waals surface area contributed by atoms with E-state index >= 15 is 0 Å². The summed E-state index contributed by atoms with van der Waals surface area (Å²) in [6, 6.07) is 19.8. The SMILES string of the molecule is COc1ccccc1N1C=C(COCc2ccccc2Cl)C(Cc2cccnc2)N1. The van der Waals surface area contributed by atoms with Crippen LogP contribution in [0.3, 0.4) is 0 Å². The number of pyridine rings is 1. The standard InChI is InChI=1S/C24H24ClN3O2/c1-29-24-11-5-4-10-23(24)28-15-20(17-30-16-19-8-2-3-9-21(19)25)22(27-28)13-18-7-6-12-26-14-18/h2-12,14-15,22,27H,13,16-17H2,1H3. The Labute approximate surface area is 181 Å². The first-order valence-corrected chi connectivity index (χ1v) is 10.2. The molecule has 1 aliphatic heterocycles. The summed E-state index contributed by atoms with van der Waals surface area (Å²) >= 11 is 6.26. The summed E-state index contributed by atoms with van der Waals surface area (Å²) in [6.07, 6.45) is 6.58. The zero-order chi connectivity index (χ0) is 20.8. The van der Waals surface area contributed by atoms with Crippen LogP contribution in [0.25, 0.3) is 0 Å². The Morgan fingerprint density at radius 1 is 1.03 bits per heavy atom. The van der Waals surface area contributed by atoms with Crippen molar-refractivity contribution in [3.05, 3.63) is 101 Å². The number of rotatable bonds is 8. The summed E-state index contributed by atoms with van der Waals surface area (Å²) in [5.74, 6) is 0.805. The van der Waals surface area contributed by atoms with Gasteiger partial charge in [-0.3, -0.25) is 9.99 Å². The number of para-hydroxylation sites is 2. The molecule has 5 nitrogen and oxygen atoms in total. The van der Waals surface area contributed by atoms with Crippen LogP contribution in [0.5, 0.6) is 5.75 Å². The molecule has 2 heterocycles. The van der Waals surface area contributed by atoms with Gasteiger partial charge in [0.1, 0.15) is 5.75 Å². The van der Waals surface area contributed by atoms with Crippen LogP contribution in [0, 0.1) is 0 Å². The minimum atomic E-state index is 0.0883. The summed E-state index contributed by atoms with van der Waals surface area (Å²) in [5.41, 5.74) is 7.82. The topological polar surface area (TPSA) is 46.6 Å². The Bertz CT molecular complexity index is 1010. The molecule has 1 unspecified atom stereocenters. The third kappa shape index (κ3) is 4.82. The van der Waals surface area contributed by atoms with Gasteiger partial charge in [0.15, 0.2) is 0 Å². The summed E-state index contributed by atoms with van der Waals surface area (Å²) < 4.78 is 11.6. The first kappa shape index (κ1) is 20.4. The van der Waals surface area contributed by atoms with Crippen molar-refractivity contribution in [3.8, 4) is 5.75 Å². The van der Waals surface area contributed by atoms with Crippen molar-refractivity contribution >= 4 is 17.3 Å². The molecule has 0 radical (unpaired) electrons. The van der Waals surface area contributed by atoms with Crippen molar-refractivity contribution in [1.82, 2.24) is 10.4 Å². The van der Waals surface area contributed by atoms with Gasteiger partial charge in [0.25, 0.3) is 0 Å². The van der Waals surface area contributed by atoms with E-state index in [-0.39, 0.29) is 6.04 Å². The molecule has 0 fully saturated rings. The molecule has 1 aliphatic rings. The van der Waals surface area contributed by atoms with Crippen molar-refractivity contribution < 1.29 is 9.47 Å². The van der Waals surface area contributed by atoms with Gasteiger partial charge in [-0.25, -0.2) is 5.43 Å². The Kier molecular flexibility index (Phi) is 6.64. The van der Waals surface area contributed by atoms with Gasteiger partial charge in [-0.05, 0) is 47.4 Å². The number of aromatic nitrogens is 1. The molecule has 1 N–H and O–H groups in total. The molecule has 2 aromatic carbocycles. The molecule has 0 saturated heterocycles. The second-order valence-corrected chi connectivity index (χ2v) is 7.48. The predicted molar refractivity (Wildman–Crippen MR) is 120 cm³/mol. The van der Waals surface area contributed by atoms with E-state index in [1.807, 2.05) is 65.8 Å². The molecule has 3 aromatic rings. The Morgan fingerprint density at radius 3 is 2.67 bits per heavy atom. The lowest BCUT2D eigenvalue weighted by atomic mass is 10.0. The van der Waals surface area contributed by atoms with Crippen molar-refractivity contribution in [3.63, 3.8) is 0 Å². The molecule has 1 atom stereocenters. The molecule has 6 heteroatoms. The molecule has 0 bridgehead atoms. The lowest BCUT2D eigenvalue weighted by Crippen LogP contribution is -2.38. The van der Waals surface area contributed by atoms with Crippen molar-refractivity contribution in [1.29, 1.82) is 0 Å². The molecule has 30 heavy (non-hydrogen) atoms. The molecule has 4 rings (SSSR count). The third-order valence-electron chi connectivity index (χ3n) is 5.03. The molecule has 0 amide bonds. The summed E-state index contributed by atoms with van der Waals surface area (Å²) in [5, 5.41) is 2.73. The van der Waals surface area contributed by atoms with Gasteiger partial charge in [0.2, 0.25) is 0 Å². The fourth-order valence-corrected chi connectivity index (χ4v) is 3.67. The molecule has 154 valence electrons. The van der Waals surface area contributed by atoms with E-state index in [9.17, 15) is 0 Å². The smallest absolute Gasteiger partial charge is 0.143 e. The average molecular weight is 422 g/mol.